The molecule has 2 aliphatic rings. The number of likely N-dealkylation sites (tertiary alicyclic amines) is 1. The number of aliphatic hydroxyl groups is 1. The van der Waals surface area contributed by atoms with Gasteiger partial charge in [-0.05, 0) is 39.7 Å². The first-order valence-corrected chi connectivity index (χ1v) is 14.7. The van der Waals surface area contributed by atoms with Crippen molar-refractivity contribution in [1.29, 1.82) is 5.26 Å². The van der Waals surface area contributed by atoms with Crippen LogP contribution in [0.4, 0.5) is 5.00 Å². The van der Waals surface area contributed by atoms with Crippen molar-refractivity contribution in [3.63, 3.8) is 0 Å². The van der Waals surface area contributed by atoms with Gasteiger partial charge in [0.15, 0.2) is 0 Å². The summed E-state index contributed by atoms with van der Waals surface area (Å²) in [5.41, 5.74) is 0.388. The van der Waals surface area contributed by atoms with Crippen LogP contribution in [0.2, 0.25) is 0 Å². The molecule has 1 N–H and O–H groups in total. The Hall–Kier alpha value is -3.99. The number of hydrogen-bond donors (Lipinski definition) is 1. The minimum atomic E-state index is -1.49. The number of aromatic nitrogens is 3. The van der Waals surface area contributed by atoms with Gasteiger partial charge in [-0.2, -0.15) is 15.5 Å². The summed E-state index contributed by atoms with van der Waals surface area (Å²) in [4.78, 5) is 34.2. The molecule has 1 fully saturated rings. The van der Waals surface area contributed by atoms with Gasteiger partial charge in [0.1, 0.15) is 27.4 Å². The van der Waals surface area contributed by atoms with Gasteiger partial charge in [-0.3, -0.25) is 14.5 Å². The van der Waals surface area contributed by atoms with E-state index < -0.39 is 23.9 Å². The van der Waals surface area contributed by atoms with Gasteiger partial charge in [0.25, 0.3) is 5.91 Å². The Morgan fingerprint density at radius 2 is 1.90 bits per heavy atom. The van der Waals surface area contributed by atoms with Gasteiger partial charge < -0.3 is 24.4 Å². The first-order chi connectivity index (χ1) is 20.2. The number of amides is 2. The predicted molar refractivity (Wildman–Crippen MR) is 155 cm³/mol. The molecule has 0 radical (unpaired) electrons. The molecule has 13 heteroatoms. The van der Waals surface area contributed by atoms with Crippen LogP contribution >= 0.6 is 11.3 Å². The topological polar surface area (TPSA) is 137 Å². The summed E-state index contributed by atoms with van der Waals surface area (Å²) in [6.45, 7) is 6.66. The third-order valence-corrected chi connectivity index (χ3v) is 9.10. The van der Waals surface area contributed by atoms with Crippen molar-refractivity contribution in [2.75, 3.05) is 38.3 Å². The van der Waals surface area contributed by atoms with E-state index in [4.69, 9.17) is 14.7 Å². The molecular formula is C29H35N7O5S. The summed E-state index contributed by atoms with van der Waals surface area (Å²) in [6.07, 6.45) is 2.96. The fourth-order valence-electron chi connectivity index (χ4n) is 5.65. The van der Waals surface area contributed by atoms with E-state index in [0.717, 1.165) is 18.4 Å². The van der Waals surface area contributed by atoms with E-state index >= 15 is 0 Å². The van der Waals surface area contributed by atoms with Crippen LogP contribution in [0.25, 0.3) is 5.00 Å². The van der Waals surface area contributed by atoms with Crippen LogP contribution < -0.4 is 9.64 Å². The molecule has 2 aromatic heterocycles. The van der Waals surface area contributed by atoms with Crippen molar-refractivity contribution in [2.24, 2.45) is 0 Å². The van der Waals surface area contributed by atoms with Gasteiger partial charge in [-0.1, -0.05) is 29.5 Å². The van der Waals surface area contributed by atoms with E-state index in [1.807, 2.05) is 31.2 Å². The lowest BCUT2D eigenvalue weighted by Gasteiger charge is -2.49. The van der Waals surface area contributed by atoms with Crippen LogP contribution in [0.3, 0.4) is 0 Å². The Balaban J connectivity index is 1.62. The molecule has 0 saturated carbocycles. The molecule has 3 aromatic rings. The number of thiophene rings is 1. The lowest BCUT2D eigenvalue weighted by Crippen LogP contribution is -2.67. The van der Waals surface area contributed by atoms with E-state index in [-0.39, 0.29) is 25.5 Å². The number of hydrogen-bond acceptors (Lipinski definition) is 10. The number of carbonyl (C=O) groups is 2. The number of methoxy groups -OCH3 is 1. The maximum absolute atomic E-state index is 14.2. The fraction of sp³-hybridized carbons (Fsp3) is 0.483. The zero-order valence-corrected chi connectivity index (χ0v) is 25.0. The molecule has 2 atom stereocenters. The monoisotopic (exact) mass is 593 g/mol. The van der Waals surface area contributed by atoms with Crippen LogP contribution in [-0.4, -0.2) is 87.0 Å². The number of carbonyl (C=O) groups excluding carboxylic acids is 2. The van der Waals surface area contributed by atoms with E-state index in [9.17, 15) is 14.7 Å². The molecule has 0 aliphatic carbocycles. The molecule has 5 rings (SSSR count). The maximum Gasteiger partial charge on any atom is 0.261 e. The lowest BCUT2D eigenvalue weighted by atomic mass is 9.96. The van der Waals surface area contributed by atoms with Crippen LogP contribution in [0, 0.1) is 18.3 Å². The average molecular weight is 594 g/mol. The number of para-hydroxylation sites is 1. The van der Waals surface area contributed by atoms with Crippen LogP contribution in [0.15, 0.2) is 36.7 Å². The van der Waals surface area contributed by atoms with Crippen LogP contribution in [0.5, 0.6) is 5.75 Å². The predicted octanol–water partition coefficient (Wildman–Crippen LogP) is 3.26. The molecule has 222 valence electrons. The van der Waals surface area contributed by atoms with E-state index in [1.165, 1.54) is 21.0 Å². The summed E-state index contributed by atoms with van der Waals surface area (Å²) in [6, 6.07) is 9.50. The second-order valence-electron chi connectivity index (χ2n) is 10.8. The lowest BCUT2D eigenvalue weighted by molar-refractivity contribution is -0.146. The third kappa shape index (κ3) is 5.21. The molecule has 0 spiro atoms. The highest BCUT2D eigenvalue weighted by Crippen LogP contribution is 2.45. The highest BCUT2D eigenvalue weighted by Gasteiger charge is 2.51. The van der Waals surface area contributed by atoms with Gasteiger partial charge in [-0.15, -0.1) is 4.80 Å². The fourth-order valence-corrected chi connectivity index (χ4v) is 6.89. The minimum absolute atomic E-state index is 0.101. The van der Waals surface area contributed by atoms with Gasteiger partial charge >= 0.3 is 0 Å². The molecule has 4 heterocycles. The van der Waals surface area contributed by atoms with E-state index in [0.29, 0.717) is 40.0 Å². The summed E-state index contributed by atoms with van der Waals surface area (Å²) < 4.78 is 11.8. The molecule has 2 amide bonds. The summed E-state index contributed by atoms with van der Waals surface area (Å²) >= 11 is 1.28. The van der Waals surface area contributed by atoms with Crippen LogP contribution in [-0.2, 0) is 9.53 Å². The smallest absolute Gasteiger partial charge is 0.261 e. The van der Waals surface area contributed by atoms with Gasteiger partial charge in [-0.25, -0.2) is 0 Å². The van der Waals surface area contributed by atoms with E-state index in [1.54, 1.807) is 43.2 Å². The normalized spacial score (nSPS) is 17.8. The Kier molecular flexibility index (Phi) is 8.49. The minimum Gasteiger partial charge on any atom is -0.496 e. The number of benzene rings is 1. The summed E-state index contributed by atoms with van der Waals surface area (Å²) in [5.74, 6) is -0.0747. The molecule has 42 heavy (non-hydrogen) atoms. The van der Waals surface area contributed by atoms with Gasteiger partial charge in [0, 0.05) is 24.2 Å². The average Bonchev–Trinajstić information content (AvgIpc) is 3.76. The molecule has 1 unspecified atom stereocenters. The highest BCUT2D eigenvalue weighted by molar-refractivity contribution is 7.19. The second-order valence-corrected chi connectivity index (χ2v) is 11.8. The van der Waals surface area contributed by atoms with Gasteiger partial charge in [0.05, 0.1) is 50.7 Å². The third-order valence-electron chi connectivity index (χ3n) is 7.81. The number of anilines is 1. The van der Waals surface area contributed by atoms with Crippen LogP contribution in [0.1, 0.15) is 60.7 Å². The van der Waals surface area contributed by atoms with Crippen molar-refractivity contribution in [3.8, 4) is 16.8 Å². The molecule has 0 bridgehead atoms. The number of ether oxygens (including phenoxy) is 2. The van der Waals surface area contributed by atoms with Crippen molar-refractivity contribution in [2.45, 2.75) is 58.0 Å². The highest BCUT2D eigenvalue weighted by atomic mass is 32.1. The quantitative estimate of drug-likeness (QED) is 0.351. The zero-order chi connectivity index (χ0) is 30.0. The first-order valence-electron chi connectivity index (χ1n) is 13.9. The Bertz CT molecular complexity index is 1480. The SMILES string of the molecule is COc1ccccc1[C@H](CN1c2sc(-n3nccn3)c(C)c2C(=O)N(C(C)(C)C(=O)N2CCCC2)C1O)OCCC#N. The Morgan fingerprint density at radius 1 is 1.21 bits per heavy atom. The number of aliphatic hydroxyl groups excluding tert-OH is 1. The van der Waals surface area contributed by atoms with E-state index in [2.05, 4.69) is 16.3 Å². The molecule has 1 saturated heterocycles. The Labute approximate surface area is 248 Å². The van der Waals surface area contributed by atoms with Crippen molar-refractivity contribution in [1.82, 2.24) is 24.8 Å². The molecular weight excluding hydrogens is 558 g/mol. The summed E-state index contributed by atoms with van der Waals surface area (Å²) in [7, 11) is 1.57. The summed E-state index contributed by atoms with van der Waals surface area (Å²) in [5, 5.41) is 30.8. The van der Waals surface area contributed by atoms with Crippen molar-refractivity contribution >= 4 is 28.2 Å². The molecule has 2 aliphatic heterocycles. The standard InChI is InChI=1S/C29H35N7O5S/c1-19-23-24(37)35(29(2,3)27(38)33-15-7-8-16-33)28(39)34(26(23)42-25(19)36-31-13-14-32-36)18-22(41-17-9-12-30)20-10-5-6-11-21(20)40-4/h5-6,10-11,13-14,22,28,39H,7-9,15-18H2,1-4H3/t22-,28?/m0/s1. The number of nitrogens with zero attached hydrogens (tertiary/aromatic N) is 7. The molecule has 1 aromatic carbocycles. The first kappa shape index (κ1) is 29.5. The largest absolute Gasteiger partial charge is 0.496 e. The van der Waals surface area contributed by atoms with Crippen molar-refractivity contribution < 1.29 is 24.2 Å². The number of rotatable bonds is 10. The number of fused-ring (bicyclic) bond motifs is 1. The Morgan fingerprint density at radius 3 is 2.57 bits per heavy atom. The maximum atomic E-state index is 14.2. The molecule has 12 nitrogen and oxygen atoms in total. The second kappa shape index (κ2) is 12.1. The van der Waals surface area contributed by atoms with Crippen molar-refractivity contribution in [3.05, 3.63) is 53.3 Å². The number of nitriles is 1. The zero-order valence-electron chi connectivity index (χ0n) is 24.2. The van der Waals surface area contributed by atoms with Gasteiger partial charge in [0.2, 0.25) is 12.3 Å².